The predicted octanol–water partition coefficient (Wildman–Crippen LogP) is 26.1. The van der Waals surface area contributed by atoms with Crippen molar-refractivity contribution < 1.29 is 0 Å². The Morgan fingerprint density at radius 2 is 0.624 bits per heavy atom. The van der Waals surface area contributed by atoms with E-state index in [0.717, 1.165) is 19.6 Å². The molecular formula is C90H113Cl2N4P5. The van der Waals surface area contributed by atoms with Crippen molar-refractivity contribution in [3.05, 3.63) is 337 Å². The third kappa shape index (κ3) is 25.5. The fourth-order valence-electron chi connectivity index (χ4n) is 13.6. The van der Waals surface area contributed by atoms with E-state index in [4.69, 9.17) is 28.2 Å². The van der Waals surface area contributed by atoms with Crippen molar-refractivity contribution in [2.75, 3.05) is 39.3 Å². The largest absolute Gasteiger partial charge is 0.330 e. The minimum absolute atomic E-state index is 0.186. The molecule has 13 rings (SSSR count). The van der Waals surface area contributed by atoms with Gasteiger partial charge in [-0.3, -0.25) is 9.53 Å². The molecule has 3 heterocycles. The summed E-state index contributed by atoms with van der Waals surface area (Å²) in [5, 5.41) is 9.29. The first-order valence-electron chi connectivity index (χ1n) is 37.5. The minimum Gasteiger partial charge on any atom is -0.330 e. The molecule has 6 atom stereocenters. The van der Waals surface area contributed by atoms with Crippen molar-refractivity contribution in [2.24, 2.45) is 5.73 Å². The molecule has 3 saturated heterocycles. The zero-order chi connectivity index (χ0) is 71.1. The van der Waals surface area contributed by atoms with E-state index < -0.39 is 30.7 Å². The first kappa shape index (κ1) is 81.4. The van der Waals surface area contributed by atoms with Crippen LogP contribution in [0.5, 0.6) is 0 Å². The maximum absolute atomic E-state index is 6.78. The maximum Gasteiger partial charge on any atom is 0.0524 e. The van der Waals surface area contributed by atoms with E-state index in [2.05, 4.69) is 323 Å². The van der Waals surface area contributed by atoms with Crippen LogP contribution in [-0.4, -0.2) is 48.6 Å². The number of benzene rings is 10. The highest BCUT2D eigenvalue weighted by atomic mass is 35.7. The highest BCUT2D eigenvalue weighted by Crippen LogP contribution is 2.77. The Morgan fingerprint density at radius 3 is 0.901 bits per heavy atom. The number of nitrogens with zero attached hydrogens (tertiary/aromatic N) is 2. The molecule has 0 saturated carbocycles. The van der Waals surface area contributed by atoms with Gasteiger partial charge in [-0.15, -0.1) is 0 Å². The predicted molar refractivity (Wildman–Crippen MR) is 455 cm³/mol. The molecule has 3 aliphatic rings. The van der Waals surface area contributed by atoms with Crippen LogP contribution in [0.15, 0.2) is 303 Å². The number of nitrogens with one attached hydrogen (secondary N) is 1. The normalized spacial score (nSPS) is 18.1. The van der Waals surface area contributed by atoms with Crippen LogP contribution in [0, 0.1) is 0 Å². The van der Waals surface area contributed by atoms with Crippen LogP contribution >= 0.6 is 61.2 Å². The second-order valence-corrected chi connectivity index (χ2v) is 38.9. The van der Waals surface area contributed by atoms with Crippen LogP contribution < -0.4 is 32.0 Å². The summed E-state index contributed by atoms with van der Waals surface area (Å²) >= 11 is 13.2. The van der Waals surface area contributed by atoms with Gasteiger partial charge >= 0.3 is 0 Å². The van der Waals surface area contributed by atoms with Crippen molar-refractivity contribution in [1.82, 2.24) is 14.4 Å². The molecule has 0 amide bonds. The number of nitrogens with two attached hydrogens (primary N) is 1. The Labute approximate surface area is 626 Å². The van der Waals surface area contributed by atoms with Gasteiger partial charge in [0.2, 0.25) is 0 Å². The van der Waals surface area contributed by atoms with Crippen molar-refractivity contribution in [3.63, 3.8) is 0 Å². The molecule has 0 radical (unpaired) electrons. The molecule has 4 nitrogen and oxygen atoms in total. The van der Waals surface area contributed by atoms with E-state index >= 15 is 0 Å². The fourth-order valence-corrected chi connectivity index (χ4v) is 29.5. The Hall–Kier alpha value is -5.23. The third-order valence-corrected chi connectivity index (χ3v) is 35.0. The number of hydrogen-bond donors (Lipinski definition) is 2. The van der Waals surface area contributed by atoms with Gasteiger partial charge in [-0.25, -0.2) is 0 Å². The van der Waals surface area contributed by atoms with Crippen LogP contribution in [0.4, 0.5) is 0 Å². The zero-order valence-electron chi connectivity index (χ0n) is 61.0. The van der Waals surface area contributed by atoms with Crippen molar-refractivity contribution in [2.45, 2.75) is 153 Å². The summed E-state index contributed by atoms with van der Waals surface area (Å²) < 4.78 is 3.00. The number of hydrogen-bond acceptors (Lipinski definition) is 4. The van der Waals surface area contributed by atoms with Crippen LogP contribution in [0.25, 0.3) is 0 Å². The van der Waals surface area contributed by atoms with Gasteiger partial charge in [0.05, 0.1) is 7.27 Å². The number of halogens is 2. The molecule has 0 aromatic heterocycles. The lowest BCUT2D eigenvalue weighted by Gasteiger charge is -2.42. The second kappa shape index (κ2) is 47.3. The van der Waals surface area contributed by atoms with E-state index in [0.29, 0.717) is 34.0 Å². The molecule has 3 fully saturated rings. The van der Waals surface area contributed by atoms with Gasteiger partial charge in [0, 0.05) is 55.8 Å². The summed E-state index contributed by atoms with van der Waals surface area (Å²) in [6, 6.07) is 109. The number of unbranched alkanes of at least 4 members (excludes halogenated alkanes) is 3. The van der Waals surface area contributed by atoms with Gasteiger partial charge in [0.1, 0.15) is 0 Å². The molecule has 101 heavy (non-hydrogen) atoms. The average Bonchev–Trinajstić information content (AvgIpc) is 1.73. The highest BCUT2D eigenvalue weighted by molar-refractivity contribution is 7.95. The molecule has 11 heteroatoms. The SMILES string of the molecule is CCCCN.CCCCN(P(c1ccccc1)c1ccccc1)P1[C@H](c2ccccc2)CC[C@H]1c1ccccc1.CCCCNP1[C@H](c2ccccc2)CC[C@H]1c1ccccc1.CCN(CC)CC.ClP(c1ccccc1)c1ccccc1.ClP1[C@H](c2ccccc2)CC[C@H]1c1ccccc1. The van der Waals surface area contributed by atoms with E-state index in [1.165, 1.54) is 151 Å². The molecule has 0 aliphatic carbocycles. The summed E-state index contributed by atoms with van der Waals surface area (Å²) in [4.78, 5) is 2.38. The summed E-state index contributed by atoms with van der Waals surface area (Å²) in [6.07, 6.45) is 15.0. The Balaban J connectivity index is 0.000000170. The summed E-state index contributed by atoms with van der Waals surface area (Å²) in [6.45, 7) is 20.0. The topological polar surface area (TPSA) is 44.5 Å². The molecule has 10 aromatic rings. The van der Waals surface area contributed by atoms with Crippen LogP contribution in [0.2, 0.25) is 0 Å². The average molecular weight is 1480 g/mol. The van der Waals surface area contributed by atoms with Gasteiger partial charge < -0.3 is 10.6 Å². The van der Waals surface area contributed by atoms with Crippen molar-refractivity contribution in [3.8, 4) is 0 Å². The Bertz CT molecular complexity index is 3450. The van der Waals surface area contributed by atoms with E-state index in [-0.39, 0.29) is 8.07 Å². The fraction of sp³-hybridized carbons (Fsp3) is 0.333. The molecule has 3 aliphatic heterocycles. The first-order chi connectivity index (χ1) is 49.8. The lowest BCUT2D eigenvalue weighted by molar-refractivity contribution is 0.321. The standard InChI is InChI=1S/C32H35NP2.C20H26NP.C16H16ClP.C12H10ClP.C6H15N.C4H11N/c1-2-3-26-33(34(29-20-12-6-13-21-29)30-22-14-7-15-23-30)35-31(27-16-8-4-9-17-27)24-25-32(35)28-18-10-5-11-19-28;1-2-3-16-21-22-19(17-10-6-4-7-11-17)14-15-20(22)18-12-8-5-9-13-18;17-18-15(13-7-3-1-4-8-13)11-12-16(18)14-9-5-2-6-10-14;13-14(11-7-3-1-4-8-11)12-9-5-2-6-10-12;1-4-7(5-2)6-3;1-2-3-4-5/h4-23,31-32H,2-3,24-26H2,1H3;4-13,19-21H,2-3,14-16H2,1H3;1-10,15-16H,11-12H2;1-10H;4-6H2,1-3H3;2-5H2,1H3/t31-,32-;19-,20-;15-,16-;;;/m000.../s1. The van der Waals surface area contributed by atoms with Gasteiger partial charge in [0.15, 0.2) is 0 Å². The molecule has 0 unspecified atom stereocenters. The maximum atomic E-state index is 6.78. The molecule has 0 bridgehead atoms. The Morgan fingerprint density at radius 1 is 0.356 bits per heavy atom. The third-order valence-electron chi connectivity index (χ3n) is 19.1. The Kier molecular flexibility index (Phi) is 38.1. The van der Waals surface area contributed by atoms with Gasteiger partial charge in [-0.1, -0.05) is 387 Å². The smallest absolute Gasteiger partial charge is 0.0524 e. The first-order valence-corrected chi connectivity index (χ1v) is 46.3. The van der Waals surface area contributed by atoms with Crippen LogP contribution in [-0.2, 0) is 0 Å². The molecule has 532 valence electrons. The van der Waals surface area contributed by atoms with E-state index in [9.17, 15) is 0 Å². The lowest BCUT2D eigenvalue weighted by atomic mass is 10.0. The quantitative estimate of drug-likeness (QED) is 0.0467. The van der Waals surface area contributed by atoms with E-state index in [1.54, 1.807) is 0 Å². The zero-order valence-corrected chi connectivity index (χ0v) is 67.0. The minimum atomic E-state index is -0.699. The molecular weight excluding hydrogens is 1360 g/mol. The lowest BCUT2D eigenvalue weighted by Crippen LogP contribution is -2.27. The van der Waals surface area contributed by atoms with Gasteiger partial charge in [-0.05, 0) is 161 Å². The van der Waals surface area contributed by atoms with Crippen LogP contribution in [0.3, 0.4) is 0 Å². The monoisotopic (exact) mass is 1470 g/mol. The second-order valence-electron chi connectivity index (χ2n) is 25.8. The highest BCUT2D eigenvalue weighted by Gasteiger charge is 2.44. The molecule has 3 N–H and O–H groups in total. The van der Waals surface area contributed by atoms with E-state index in [1.807, 2.05) is 36.4 Å². The summed E-state index contributed by atoms with van der Waals surface area (Å²) in [7, 11) is -2.39. The summed E-state index contributed by atoms with van der Waals surface area (Å²) in [5.41, 5.74) is 17.8. The molecule has 0 spiro atoms. The van der Waals surface area contributed by atoms with Crippen molar-refractivity contribution in [1.29, 1.82) is 0 Å². The summed E-state index contributed by atoms with van der Waals surface area (Å²) in [5.74, 6) is 0. The van der Waals surface area contributed by atoms with Gasteiger partial charge in [-0.2, -0.15) is 0 Å². The van der Waals surface area contributed by atoms with Crippen LogP contribution in [0.1, 0.15) is 186 Å². The molecule has 10 aromatic carbocycles. The van der Waals surface area contributed by atoms with Gasteiger partial charge in [0.25, 0.3) is 0 Å². The number of rotatable bonds is 24. The van der Waals surface area contributed by atoms with Crippen molar-refractivity contribution >= 4 is 82.5 Å².